The molecule has 1 aliphatic rings. The number of hydrogen-bond acceptors (Lipinski definition) is 4. The van der Waals surface area contributed by atoms with Gasteiger partial charge in [-0.05, 0) is 47.4 Å². The maximum Gasteiger partial charge on any atom is 0.259 e. The third-order valence-electron chi connectivity index (χ3n) is 5.16. The molecule has 0 radical (unpaired) electrons. The smallest absolute Gasteiger partial charge is 0.259 e. The number of nitrogens with one attached hydrogen (secondary N) is 3. The van der Waals surface area contributed by atoms with E-state index < -0.39 is 0 Å². The van der Waals surface area contributed by atoms with Crippen molar-refractivity contribution in [1.29, 1.82) is 0 Å². The predicted molar refractivity (Wildman–Crippen MR) is 118 cm³/mol. The first-order valence-corrected chi connectivity index (χ1v) is 9.87. The fourth-order valence-electron chi connectivity index (χ4n) is 3.44. The molecule has 2 aromatic carbocycles. The van der Waals surface area contributed by atoms with Gasteiger partial charge in [0.1, 0.15) is 5.82 Å². The van der Waals surface area contributed by atoms with Crippen LogP contribution < -0.4 is 16.0 Å². The summed E-state index contributed by atoms with van der Waals surface area (Å²) < 4.78 is 0. The Bertz CT molecular complexity index is 1110. The van der Waals surface area contributed by atoms with E-state index in [4.69, 9.17) is 0 Å². The summed E-state index contributed by atoms with van der Waals surface area (Å²) >= 11 is 0. The van der Waals surface area contributed by atoms with Gasteiger partial charge >= 0.3 is 0 Å². The summed E-state index contributed by atoms with van der Waals surface area (Å²) in [7, 11) is 0. The molecule has 6 heteroatoms. The number of aromatic nitrogens is 1. The first-order valence-electron chi connectivity index (χ1n) is 9.87. The van der Waals surface area contributed by atoms with Gasteiger partial charge in [0, 0.05) is 35.2 Å². The predicted octanol–water partition coefficient (Wildman–Crippen LogP) is 4.62. The van der Waals surface area contributed by atoms with Crippen LogP contribution in [-0.4, -0.2) is 16.8 Å². The summed E-state index contributed by atoms with van der Waals surface area (Å²) in [6.07, 6.45) is 1.63. The molecule has 0 fully saturated rings. The van der Waals surface area contributed by atoms with Crippen molar-refractivity contribution >= 4 is 29.0 Å². The second-order valence-corrected chi connectivity index (χ2v) is 8.32. The summed E-state index contributed by atoms with van der Waals surface area (Å²) in [5.41, 5.74) is 4.66. The molecular weight excluding hydrogens is 376 g/mol. The third kappa shape index (κ3) is 3.89. The average Bonchev–Trinajstić information content (AvgIpc) is 3.10. The van der Waals surface area contributed by atoms with Crippen LogP contribution in [0, 0.1) is 0 Å². The monoisotopic (exact) mass is 400 g/mol. The first kappa shape index (κ1) is 19.6. The van der Waals surface area contributed by atoms with Crippen LogP contribution in [0.2, 0.25) is 0 Å². The highest BCUT2D eigenvalue weighted by molar-refractivity contribution is 6.08. The Kier molecular flexibility index (Phi) is 4.99. The lowest BCUT2D eigenvalue weighted by molar-refractivity contribution is 0.0964. The van der Waals surface area contributed by atoms with Crippen molar-refractivity contribution < 1.29 is 9.59 Å². The van der Waals surface area contributed by atoms with Crippen molar-refractivity contribution in [3.8, 4) is 0 Å². The number of anilines is 3. The van der Waals surface area contributed by atoms with Gasteiger partial charge in [-0.25, -0.2) is 4.98 Å². The number of carbonyl (C=O) groups is 2. The number of amides is 2. The van der Waals surface area contributed by atoms with Crippen molar-refractivity contribution in [3.05, 3.63) is 83.0 Å². The van der Waals surface area contributed by atoms with Gasteiger partial charge < -0.3 is 16.0 Å². The van der Waals surface area contributed by atoms with Gasteiger partial charge in [0.25, 0.3) is 11.8 Å². The van der Waals surface area contributed by atoms with Crippen molar-refractivity contribution in [2.75, 3.05) is 10.6 Å². The second kappa shape index (κ2) is 7.63. The molecule has 1 aliphatic heterocycles. The van der Waals surface area contributed by atoms with E-state index in [2.05, 4.69) is 41.7 Å². The summed E-state index contributed by atoms with van der Waals surface area (Å²) in [6, 6.07) is 16.8. The fraction of sp³-hybridized carbons (Fsp3) is 0.208. The molecule has 30 heavy (non-hydrogen) atoms. The van der Waals surface area contributed by atoms with E-state index in [0.717, 1.165) is 16.9 Å². The molecule has 2 heterocycles. The minimum atomic E-state index is -0.254. The first-order chi connectivity index (χ1) is 14.3. The molecule has 0 aliphatic carbocycles. The normalized spacial score (nSPS) is 12.8. The van der Waals surface area contributed by atoms with Crippen molar-refractivity contribution in [2.24, 2.45) is 0 Å². The van der Waals surface area contributed by atoms with Gasteiger partial charge in [-0.1, -0.05) is 39.0 Å². The number of benzene rings is 2. The van der Waals surface area contributed by atoms with E-state index in [0.29, 0.717) is 23.5 Å². The zero-order valence-electron chi connectivity index (χ0n) is 17.2. The van der Waals surface area contributed by atoms with Gasteiger partial charge in [-0.15, -0.1) is 0 Å². The molecule has 6 nitrogen and oxygen atoms in total. The van der Waals surface area contributed by atoms with Crippen LogP contribution in [0.4, 0.5) is 17.2 Å². The fourth-order valence-corrected chi connectivity index (χ4v) is 3.44. The molecule has 0 saturated heterocycles. The summed E-state index contributed by atoms with van der Waals surface area (Å²) in [4.78, 5) is 29.2. The van der Waals surface area contributed by atoms with Crippen LogP contribution in [0.1, 0.15) is 52.6 Å². The highest BCUT2D eigenvalue weighted by Crippen LogP contribution is 2.28. The highest BCUT2D eigenvalue weighted by Gasteiger charge is 2.22. The molecule has 4 rings (SSSR count). The highest BCUT2D eigenvalue weighted by atomic mass is 16.2. The van der Waals surface area contributed by atoms with Crippen LogP contribution in [0.15, 0.2) is 60.8 Å². The second-order valence-electron chi connectivity index (χ2n) is 8.32. The molecule has 0 saturated carbocycles. The number of pyridine rings is 1. The Morgan fingerprint density at radius 3 is 2.53 bits per heavy atom. The molecule has 0 bridgehead atoms. The number of fused-ring (bicyclic) bond motifs is 1. The van der Waals surface area contributed by atoms with Crippen molar-refractivity contribution in [2.45, 2.75) is 32.7 Å². The van der Waals surface area contributed by atoms with E-state index in [1.807, 2.05) is 36.4 Å². The minimum absolute atomic E-state index is 0.0508. The zero-order chi connectivity index (χ0) is 21.3. The van der Waals surface area contributed by atoms with E-state index in [-0.39, 0.29) is 17.2 Å². The molecule has 1 aromatic heterocycles. The lowest BCUT2D eigenvalue weighted by Crippen LogP contribution is -2.15. The number of nitrogens with zero attached hydrogens (tertiary/aromatic N) is 1. The molecule has 2 amide bonds. The number of hydrogen-bond donors (Lipinski definition) is 3. The third-order valence-corrected chi connectivity index (χ3v) is 5.16. The van der Waals surface area contributed by atoms with Crippen molar-refractivity contribution in [1.82, 2.24) is 10.3 Å². The maximum absolute atomic E-state index is 12.9. The molecule has 3 aromatic rings. The molecule has 0 unspecified atom stereocenters. The Labute approximate surface area is 175 Å². The lowest BCUT2D eigenvalue weighted by Gasteiger charge is -2.19. The lowest BCUT2D eigenvalue weighted by atomic mass is 9.87. The van der Waals surface area contributed by atoms with Crippen LogP contribution in [0.5, 0.6) is 0 Å². The largest absolute Gasteiger partial charge is 0.348 e. The minimum Gasteiger partial charge on any atom is -0.348 e. The molecule has 152 valence electrons. The van der Waals surface area contributed by atoms with Gasteiger partial charge in [-0.2, -0.15) is 0 Å². The van der Waals surface area contributed by atoms with Crippen LogP contribution in [-0.2, 0) is 12.0 Å². The van der Waals surface area contributed by atoms with Crippen LogP contribution in [0.3, 0.4) is 0 Å². The van der Waals surface area contributed by atoms with E-state index in [9.17, 15) is 9.59 Å². The topological polar surface area (TPSA) is 83.1 Å². The average molecular weight is 400 g/mol. The summed E-state index contributed by atoms with van der Waals surface area (Å²) in [6.45, 7) is 6.90. The van der Waals surface area contributed by atoms with Gasteiger partial charge in [0.05, 0.1) is 5.56 Å². The summed E-state index contributed by atoms with van der Waals surface area (Å²) in [5, 5.41) is 8.98. The standard InChI is InChI=1S/C24H24N4O2/c1-24(2,3)15-9-11-16(12-10-15)27-23(30)18-7-5-13-25-21(18)28-20-8-4-6-17-19(20)14-26-22(17)29/h4-13H,14H2,1-3H3,(H,25,28)(H,26,29)(H,27,30). The molecule has 3 N–H and O–H groups in total. The van der Waals surface area contributed by atoms with E-state index >= 15 is 0 Å². The quantitative estimate of drug-likeness (QED) is 0.597. The maximum atomic E-state index is 12.9. The zero-order valence-corrected chi connectivity index (χ0v) is 17.2. The SMILES string of the molecule is CC(C)(C)c1ccc(NC(=O)c2cccnc2Nc2cccc3c2CNC3=O)cc1. The van der Waals surface area contributed by atoms with E-state index in [1.165, 1.54) is 5.56 Å². The Morgan fingerprint density at radius 1 is 1.03 bits per heavy atom. The Hall–Kier alpha value is -3.67. The molecule has 0 spiro atoms. The Morgan fingerprint density at radius 2 is 1.80 bits per heavy atom. The molecule has 0 atom stereocenters. The number of rotatable bonds is 4. The Balaban J connectivity index is 1.57. The molecular formula is C24H24N4O2. The van der Waals surface area contributed by atoms with Crippen LogP contribution in [0.25, 0.3) is 0 Å². The van der Waals surface area contributed by atoms with Gasteiger partial charge in [0.2, 0.25) is 0 Å². The number of carbonyl (C=O) groups excluding carboxylic acids is 2. The van der Waals surface area contributed by atoms with Crippen molar-refractivity contribution in [3.63, 3.8) is 0 Å². The van der Waals surface area contributed by atoms with Gasteiger partial charge in [-0.3, -0.25) is 9.59 Å². The summed E-state index contributed by atoms with van der Waals surface area (Å²) in [5.74, 6) is 0.0938. The van der Waals surface area contributed by atoms with Gasteiger partial charge in [0.15, 0.2) is 0 Å². The van der Waals surface area contributed by atoms with E-state index in [1.54, 1.807) is 24.4 Å². The van der Waals surface area contributed by atoms with Crippen LogP contribution >= 0.6 is 0 Å².